The van der Waals surface area contributed by atoms with Crippen LogP contribution in [0.4, 0.5) is 10.5 Å². The number of nitrogens with one attached hydrogen (secondary N) is 2. The van der Waals surface area contributed by atoms with Crippen molar-refractivity contribution in [2.24, 2.45) is 0 Å². The van der Waals surface area contributed by atoms with E-state index in [1.807, 2.05) is 91.7 Å². The number of carbonyl (C=O) groups excluding carboxylic acids is 2. The molecule has 186 valence electrons. The summed E-state index contributed by atoms with van der Waals surface area (Å²) >= 11 is 3.47. The van der Waals surface area contributed by atoms with Crippen molar-refractivity contribution in [3.8, 4) is 0 Å². The van der Waals surface area contributed by atoms with Crippen LogP contribution in [0, 0.1) is 0 Å². The van der Waals surface area contributed by atoms with E-state index in [1.54, 1.807) is 4.90 Å². The summed E-state index contributed by atoms with van der Waals surface area (Å²) in [4.78, 5) is 33.5. The van der Waals surface area contributed by atoms with Gasteiger partial charge in [0.15, 0.2) is 0 Å². The summed E-state index contributed by atoms with van der Waals surface area (Å²) in [5.74, 6) is -0.0883. The van der Waals surface area contributed by atoms with Crippen LogP contribution < -0.4 is 5.32 Å². The molecule has 1 aromatic heterocycles. The van der Waals surface area contributed by atoms with Crippen molar-refractivity contribution in [2.75, 3.05) is 18.4 Å². The number of nitrogens with zero attached hydrogens (tertiary/aromatic N) is 2. The second-order valence-electron chi connectivity index (χ2n) is 9.04. The van der Waals surface area contributed by atoms with Crippen LogP contribution in [0.3, 0.4) is 0 Å². The number of H-pyrrole nitrogens is 1. The molecule has 1 heterocycles. The van der Waals surface area contributed by atoms with Gasteiger partial charge in [-0.3, -0.25) is 4.79 Å². The van der Waals surface area contributed by atoms with Crippen molar-refractivity contribution < 1.29 is 9.59 Å². The molecule has 6 nitrogen and oxygen atoms in total. The summed E-state index contributed by atoms with van der Waals surface area (Å²) in [6.07, 6.45) is 2.73. The van der Waals surface area contributed by atoms with Crippen LogP contribution in [0.15, 0.2) is 89.5 Å². The zero-order valence-electron chi connectivity index (χ0n) is 20.6. The second-order valence-corrected chi connectivity index (χ2v) is 9.90. The Labute approximate surface area is 220 Å². The van der Waals surface area contributed by atoms with Crippen molar-refractivity contribution in [3.05, 3.63) is 101 Å². The van der Waals surface area contributed by atoms with E-state index >= 15 is 0 Å². The van der Waals surface area contributed by atoms with Crippen LogP contribution in [-0.4, -0.2) is 45.9 Å². The van der Waals surface area contributed by atoms with Gasteiger partial charge in [0, 0.05) is 40.7 Å². The number of para-hydroxylation sites is 2. The number of amides is 3. The molecule has 0 aliphatic rings. The maximum absolute atomic E-state index is 13.6. The molecule has 0 saturated heterocycles. The van der Waals surface area contributed by atoms with Crippen LogP contribution in [0.25, 0.3) is 10.9 Å². The molecule has 0 saturated carbocycles. The summed E-state index contributed by atoms with van der Waals surface area (Å²) < 4.78 is 0.790. The quantitative estimate of drug-likeness (QED) is 0.253. The van der Waals surface area contributed by atoms with Crippen LogP contribution in [0.1, 0.15) is 25.0 Å². The maximum atomic E-state index is 13.6. The van der Waals surface area contributed by atoms with Gasteiger partial charge in [0.2, 0.25) is 5.91 Å². The van der Waals surface area contributed by atoms with Crippen molar-refractivity contribution in [1.82, 2.24) is 14.8 Å². The number of aromatic nitrogens is 1. The van der Waals surface area contributed by atoms with Gasteiger partial charge in [-0.1, -0.05) is 60.7 Å². The van der Waals surface area contributed by atoms with Crippen LogP contribution in [0.5, 0.6) is 0 Å². The predicted octanol–water partition coefficient (Wildman–Crippen LogP) is 6.44. The van der Waals surface area contributed by atoms with Crippen LogP contribution in [0.2, 0.25) is 0 Å². The fourth-order valence-electron chi connectivity index (χ4n) is 4.17. The van der Waals surface area contributed by atoms with Gasteiger partial charge >= 0.3 is 6.03 Å². The van der Waals surface area contributed by atoms with E-state index in [1.165, 1.54) is 10.9 Å². The van der Waals surface area contributed by atoms with E-state index in [4.69, 9.17) is 0 Å². The van der Waals surface area contributed by atoms with E-state index in [0.29, 0.717) is 25.2 Å². The normalized spacial score (nSPS) is 11.0. The summed E-state index contributed by atoms with van der Waals surface area (Å²) in [6.45, 7) is 4.86. The van der Waals surface area contributed by atoms with Gasteiger partial charge in [-0.2, -0.15) is 0 Å². The summed E-state index contributed by atoms with van der Waals surface area (Å²) in [5, 5.41) is 4.09. The van der Waals surface area contributed by atoms with Crippen molar-refractivity contribution in [1.29, 1.82) is 0 Å². The zero-order chi connectivity index (χ0) is 25.5. The minimum absolute atomic E-state index is 0.00529. The fourth-order valence-corrected chi connectivity index (χ4v) is 4.56. The number of hydrogen-bond acceptors (Lipinski definition) is 2. The van der Waals surface area contributed by atoms with Gasteiger partial charge in [0.1, 0.15) is 6.54 Å². The highest BCUT2D eigenvalue weighted by molar-refractivity contribution is 9.10. The summed E-state index contributed by atoms with van der Waals surface area (Å²) in [5.41, 5.74) is 3.98. The Morgan fingerprint density at radius 3 is 2.39 bits per heavy atom. The van der Waals surface area contributed by atoms with Gasteiger partial charge in [-0.05, 0) is 65.5 Å². The van der Waals surface area contributed by atoms with E-state index < -0.39 is 0 Å². The summed E-state index contributed by atoms with van der Waals surface area (Å²) in [6, 6.07) is 25.1. The SMILES string of the molecule is CC(C)N(CC(=O)N(CCc1c[nH]c2ccccc12)Cc1ccccc1)C(=O)Nc1ccccc1Br. The molecule has 3 amide bonds. The molecule has 7 heteroatoms. The molecule has 36 heavy (non-hydrogen) atoms. The van der Waals surface area contributed by atoms with Gasteiger partial charge in [0.05, 0.1) is 5.69 Å². The molecule has 0 spiro atoms. The van der Waals surface area contributed by atoms with Gasteiger partial charge in [0.25, 0.3) is 0 Å². The minimum Gasteiger partial charge on any atom is -0.361 e. The Balaban J connectivity index is 1.50. The lowest BCUT2D eigenvalue weighted by Gasteiger charge is -2.30. The molecule has 0 atom stereocenters. The standard InChI is InChI=1S/C29H31BrN4O2/c1-21(2)34(29(36)32-27-15-9-7-13-25(27)30)20-28(35)33(19-22-10-4-3-5-11-22)17-16-23-18-31-26-14-8-6-12-24(23)26/h3-15,18,21,31H,16-17,19-20H2,1-2H3,(H,32,36). The first kappa shape index (κ1) is 25.5. The van der Waals surface area contributed by atoms with Crippen molar-refractivity contribution >= 4 is 44.5 Å². The Morgan fingerprint density at radius 1 is 0.944 bits per heavy atom. The molecule has 0 aliphatic heterocycles. The van der Waals surface area contributed by atoms with Crippen LogP contribution >= 0.6 is 15.9 Å². The highest BCUT2D eigenvalue weighted by atomic mass is 79.9. The number of fused-ring (bicyclic) bond motifs is 1. The number of hydrogen-bond donors (Lipinski definition) is 2. The first-order valence-electron chi connectivity index (χ1n) is 12.1. The largest absolute Gasteiger partial charge is 0.361 e. The average molecular weight is 547 g/mol. The Bertz CT molecular complexity index is 1320. The fraction of sp³-hybridized carbons (Fsp3) is 0.241. The number of rotatable bonds is 9. The number of halogens is 1. The van der Waals surface area contributed by atoms with E-state index in [-0.39, 0.29) is 24.5 Å². The monoisotopic (exact) mass is 546 g/mol. The topological polar surface area (TPSA) is 68.4 Å². The Hall–Kier alpha value is -3.58. The highest BCUT2D eigenvalue weighted by Gasteiger charge is 2.24. The number of urea groups is 1. The first-order chi connectivity index (χ1) is 17.4. The molecule has 0 bridgehead atoms. The van der Waals surface area contributed by atoms with Gasteiger partial charge in [-0.15, -0.1) is 0 Å². The average Bonchev–Trinajstić information content (AvgIpc) is 3.29. The Kier molecular flexibility index (Phi) is 8.44. The molecule has 4 rings (SSSR count). The smallest absolute Gasteiger partial charge is 0.322 e. The molecule has 4 aromatic rings. The molecule has 3 aromatic carbocycles. The third-order valence-electron chi connectivity index (χ3n) is 6.20. The van der Waals surface area contributed by atoms with Gasteiger partial charge in [-0.25, -0.2) is 4.79 Å². The molecule has 0 unspecified atom stereocenters. The lowest BCUT2D eigenvalue weighted by molar-refractivity contribution is -0.132. The molecular weight excluding hydrogens is 516 g/mol. The molecule has 0 fully saturated rings. The van der Waals surface area contributed by atoms with E-state index in [9.17, 15) is 9.59 Å². The maximum Gasteiger partial charge on any atom is 0.322 e. The minimum atomic E-state index is -0.304. The number of carbonyl (C=O) groups is 2. The van der Waals surface area contributed by atoms with Crippen molar-refractivity contribution in [3.63, 3.8) is 0 Å². The van der Waals surface area contributed by atoms with E-state index in [2.05, 4.69) is 38.4 Å². The van der Waals surface area contributed by atoms with Crippen LogP contribution in [-0.2, 0) is 17.8 Å². The van der Waals surface area contributed by atoms with Crippen molar-refractivity contribution in [2.45, 2.75) is 32.9 Å². The lowest BCUT2D eigenvalue weighted by atomic mass is 10.1. The molecule has 0 aliphatic carbocycles. The third-order valence-corrected chi connectivity index (χ3v) is 6.89. The van der Waals surface area contributed by atoms with E-state index in [0.717, 1.165) is 15.6 Å². The number of anilines is 1. The third kappa shape index (κ3) is 6.34. The molecule has 0 radical (unpaired) electrons. The predicted molar refractivity (Wildman–Crippen MR) is 149 cm³/mol. The molecular formula is C29H31BrN4O2. The Morgan fingerprint density at radius 2 is 1.64 bits per heavy atom. The number of aromatic amines is 1. The lowest BCUT2D eigenvalue weighted by Crippen LogP contribution is -2.47. The number of benzene rings is 3. The zero-order valence-corrected chi connectivity index (χ0v) is 22.2. The first-order valence-corrected chi connectivity index (χ1v) is 12.9. The highest BCUT2D eigenvalue weighted by Crippen LogP contribution is 2.22. The molecule has 2 N–H and O–H groups in total. The summed E-state index contributed by atoms with van der Waals surface area (Å²) in [7, 11) is 0. The van der Waals surface area contributed by atoms with Gasteiger partial charge < -0.3 is 20.1 Å². The second kappa shape index (κ2) is 11.9.